The van der Waals surface area contributed by atoms with Crippen LogP contribution in [-0.2, 0) is 16.0 Å². The Morgan fingerprint density at radius 3 is 2.67 bits per heavy atom. The molecule has 0 atom stereocenters. The molecule has 0 unspecified atom stereocenters. The molecular formula is C23H22F3N5O4S. The standard InChI is InChI=1S/C23H22F3N5O4S/c1-14-8-16(12-27-11-14)22-30-29-21(36-22)10-18(32)15-2-3-19(35-23(24,25)26)17(9-15)28-20(33)13-31-4-6-34-7-5-31/h2-3,8-9,11-12H,4-7,10,13H2,1H3,(H,28,33). The Labute approximate surface area is 208 Å². The van der Waals surface area contributed by atoms with Gasteiger partial charge in [-0.05, 0) is 36.8 Å². The smallest absolute Gasteiger partial charge is 0.404 e. The molecule has 2 aromatic heterocycles. The summed E-state index contributed by atoms with van der Waals surface area (Å²) in [6, 6.07) is 5.29. The summed E-state index contributed by atoms with van der Waals surface area (Å²) >= 11 is 1.22. The monoisotopic (exact) mass is 521 g/mol. The Kier molecular flexibility index (Phi) is 7.91. The Balaban J connectivity index is 1.50. The number of morpholine rings is 1. The molecule has 1 aromatic carbocycles. The lowest BCUT2D eigenvalue weighted by Crippen LogP contribution is -2.41. The van der Waals surface area contributed by atoms with Gasteiger partial charge in [0.15, 0.2) is 11.5 Å². The summed E-state index contributed by atoms with van der Waals surface area (Å²) in [7, 11) is 0. The van der Waals surface area contributed by atoms with Gasteiger partial charge in [0.05, 0.1) is 31.9 Å². The summed E-state index contributed by atoms with van der Waals surface area (Å²) in [6.45, 7) is 3.85. The van der Waals surface area contributed by atoms with Gasteiger partial charge < -0.3 is 14.8 Å². The number of aryl methyl sites for hydroxylation is 1. The number of hydrogen-bond acceptors (Lipinski definition) is 9. The molecular weight excluding hydrogens is 499 g/mol. The molecule has 13 heteroatoms. The molecule has 3 heterocycles. The maximum atomic E-state index is 12.9. The van der Waals surface area contributed by atoms with Crippen LogP contribution in [0.4, 0.5) is 18.9 Å². The summed E-state index contributed by atoms with van der Waals surface area (Å²) in [5.74, 6) is -1.55. The number of ether oxygens (including phenoxy) is 2. The van der Waals surface area contributed by atoms with E-state index in [1.54, 1.807) is 12.4 Å². The molecule has 36 heavy (non-hydrogen) atoms. The number of ketones is 1. The van der Waals surface area contributed by atoms with Gasteiger partial charge in [0.1, 0.15) is 10.0 Å². The van der Waals surface area contributed by atoms with Crippen molar-refractivity contribution in [2.75, 3.05) is 38.2 Å². The molecule has 190 valence electrons. The minimum atomic E-state index is -4.97. The number of aromatic nitrogens is 3. The van der Waals surface area contributed by atoms with Crippen molar-refractivity contribution in [1.29, 1.82) is 0 Å². The van der Waals surface area contributed by atoms with E-state index < -0.39 is 23.8 Å². The van der Waals surface area contributed by atoms with Gasteiger partial charge in [-0.2, -0.15) is 0 Å². The van der Waals surface area contributed by atoms with Crippen LogP contribution in [0.2, 0.25) is 0 Å². The zero-order valence-electron chi connectivity index (χ0n) is 19.2. The minimum Gasteiger partial charge on any atom is -0.404 e. The average Bonchev–Trinajstić information content (AvgIpc) is 3.28. The van der Waals surface area contributed by atoms with Crippen molar-refractivity contribution in [2.24, 2.45) is 0 Å². The van der Waals surface area contributed by atoms with E-state index in [2.05, 4.69) is 25.2 Å². The molecule has 1 N–H and O–H groups in total. The summed E-state index contributed by atoms with van der Waals surface area (Å²) in [5, 5.41) is 11.6. The van der Waals surface area contributed by atoms with Crippen molar-refractivity contribution in [1.82, 2.24) is 20.1 Å². The van der Waals surface area contributed by atoms with E-state index in [1.807, 2.05) is 17.9 Å². The second-order valence-electron chi connectivity index (χ2n) is 8.05. The fraction of sp³-hybridized carbons (Fsp3) is 0.348. The first-order valence-corrected chi connectivity index (χ1v) is 11.8. The molecule has 0 spiro atoms. The number of nitrogens with zero attached hydrogens (tertiary/aromatic N) is 4. The second-order valence-corrected chi connectivity index (χ2v) is 9.11. The molecule has 0 aliphatic carbocycles. The van der Waals surface area contributed by atoms with Crippen LogP contribution in [0.5, 0.6) is 5.75 Å². The number of anilines is 1. The number of nitrogens with one attached hydrogen (secondary N) is 1. The van der Waals surface area contributed by atoms with E-state index in [0.29, 0.717) is 36.3 Å². The summed E-state index contributed by atoms with van der Waals surface area (Å²) < 4.78 is 48.0. The van der Waals surface area contributed by atoms with Crippen molar-refractivity contribution in [2.45, 2.75) is 19.7 Å². The van der Waals surface area contributed by atoms with Gasteiger partial charge in [-0.25, -0.2) is 0 Å². The summed E-state index contributed by atoms with van der Waals surface area (Å²) in [6.07, 6.45) is -1.73. The third-order valence-corrected chi connectivity index (χ3v) is 6.15. The number of pyridine rings is 1. The van der Waals surface area contributed by atoms with E-state index >= 15 is 0 Å². The van der Waals surface area contributed by atoms with Gasteiger partial charge in [0.2, 0.25) is 5.91 Å². The largest absolute Gasteiger partial charge is 0.573 e. The SMILES string of the molecule is Cc1cncc(-c2nnc(CC(=O)c3ccc(OC(F)(F)F)c(NC(=O)CN4CCOCC4)c3)s2)c1. The molecule has 0 radical (unpaired) electrons. The van der Waals surface area contributed by atoms with Crippen molar-refractivity contribution in [3.8, 4) is 16.3 Å². The molecule has 1 fully saturated rings. The maximum absolute atomic E-state index is 12.9. The highest BCUT2D eigenvalue weighted by Gasteiger charge is 2.32. The van der Waals surface area contributed by atoms with Crippen LogP contribution >= 0.6 is 11.3 Å². The Morgan fingerprint density at radius 2 is 1.94 bits per heavy atom. The number of alkyl halides is 3. The predicted molar refractivity (Wildman–Crippen MR) is 125 cm³/mol. The molecule has 0 bridgehead atoms. The van der Waals surface area contributed by atoms with E-state index in [0.717, 1.165) is 17.2 Å². The van der Waals surface area contributed by atoms with Crippen LogP contribution < -0.4 is 10.1 Å². The quantitative estimate of drug-likeness (QED) is 0.449. The van der Waals surface area contributed by atoms with Crippen molar-refractivity contribution < 1.29 is 32.2 Å². The van der Waals surface area contributed by atoms with Gasteiger partial charge in [-0.1, -0.05) is 11.3 Å². The molecule has 4 rings (SSSR count). The number of carbonyl (C=O) groups excluding carboxylic acids is 2. The Bertz CT molecular complexity index is 1240. The molecule has 1 amide bonds. The normalized spacial score (nSPS) is 14.4. The summed E-state index contributed by atoms with van der Waals surface area (Å²) in [5.41, 5.74) is 1.56. The van der Waals surface area contributed by atoms with Crippen LogP contribution in [-0.4, -0.2) is 71.0 Å². The van der Waals surface area contributed by atoms with Gasteiger partial charge >= 0.3 is 6.36 Å². The van der Waals surface area contributed by atoms with Gasteiger partial charge in [0, 0.05) is 36.6 Å². The highest BCUT2D eigenvalue weighted by atomic mass is 32.1. The molecule has 9 nitrogen and oxygen atoms in total. The van der Waals surface area contributed by atoms with E-state index in [9.17, 15) is 22.8 Å². The number of rotatable bonds is 8. The fourth-order valence-electron chi connectivity index (χ4n) is 3.52. The number of halogens is 3. The second kappa shape index (κ2) is 11.1. The zero-order chi connectivity index (χ0) is 25.7. The average molecular weight is 522 g/mol. The van der Waals surface area contributed by atoms with E-state index in [4.69, 9.17) is 4.74 Å². The van der Waals surface area contributed by atoms with Crippen molar-refractivity contribution in [3.05, 3.63) is 52.8 Å². The lowest BCUT2D eigenvalue weighted by molar-refractivity contribution is -0.274. The van der Waals surface area contributed by atoms with Gasteiger partial charge in [-0.15, -0.1) is 23.4 Å². The highest BCUT2D eigenvalue weighted by Crippen LogP contribution is 2.32. The van der Waals surface area contributed by atoms with Crippen LogP contribution in [0.25, 0.3) is 10.6 Å². The van der Waals surface area contributed by atoms with Crippen LogP contribution in [0, 0.1) is 6.92 Å². The maximum Gasteiger partial charge on any atom is 0.573 e. The van der Waals surface area contributed by atoms with Crippen molar-refractivity contribution >= 4 is 28.7 Å². The third kappa shape index (κ3) is 7.06. The minimum absolute atomic E-state index is 0.0334. The number of amides is 1. The fourth-order valence-corrected chi connectivity index (χ4v) is 4.34. The molecule has 1 saturated heterocycles. The molecule has 3 aromatic rings. The van der Waals surface area contributed by atoms with Gasteiger partial charge in [0.25, 0.3) is 0 Å². The first-order chi connectivity index (χ1) is 17.2. The van der Waals surface area contributed by atoms with E-state index in [-0.39, 0.29) is 24.2 Å². The van der Waals surface area contributed by atoms with Gasteiger partial charge in [-0.3, -0.25) is 19.5 Å². The van der Waals surface area contributed by atoms with E-state index in [1.165, 1.54) is 23.5 Å². The Hall–Kier alpha value is -3.42. The predicted octanol–water partition coefficient (Wildman–Crippen LogP) is 3.50. The van der Waals surface area contributed by atoms with Crippen LogP contribution in [0.15, 0.2) is 36.7 Å². The summed E-state index contributed by atoms with van der Waals surface area (Å²) in [4.78, 5) is 31.3. The lowest BCUT2D eigenvalue weighted by Gasteiger charge is -2.26. The molecule has 0 saturated carbocycles. The van der Waals surface area contributed by atoms with Crippen LogP contribution in [0.3, 0.4) is 0 Å². The lowest BCUT2D eigenvalue weighted by atomic mass is 10.1. The first kappa shape index (κ1) is 25.7. The molecule has 1 aliphatic rings. The number of hydrogen-bond donors (Lipinski definition) is 1. The van der Waals surface area contributed by atoms with Crippen molar-refractivity contribution in [3.63, 3.8) is 0 Å². The number of Topliss-reactive ketones (excluding diaryl/α,β-unsaturated/α-hetero) is 1. The number of carbonyl (C=O) groups is 2. The Morgan fingerprint density at radius 1 is 1.17 bits per heavy atom. The van der Waals surface area contributed by atoms with Crippen LogP contribution in [0.1, 0.15) is 20.9 Å². The highest BCUT2D eigenvalue weighted by molar-refractivity contribution is 7.14. The third-order valence-electron chi connectivity index (χ3n) is 5.17. The zero-order valence-corrected chi connectivity index (χ0v) is 20.0. The first-order valence-electron chi connectivity index (χ1n) is 10.9. The number of benzene rings is 1. The topological polar surface area (TPSA) is 107 Å². The molecule has 1 aliphatic heterocycles.